The van der Waals surface area contributed by atoms with Gasteiger partial charge in [0.05, 0.1) is 19.3 Å². The summed E-state index contributed by atoms with van der Waals surface area (Å²) in [5, 5.41) is 0. The van der Waals surface area contributed by atoms with Crippen molar-refractivity contribution in [1.82, 2.24) is 0 Å². The van der Waals surface area contributed by atoms with E-state index in [0.29, 0.717) is 6.10 Å². The van der Waals surface area contributed by atoms with E-state index in [-0.39, 0.29) is 6.04 Å². The van der Waals surface area contributed by atoms with E-state index in [9.17, 15) is 0 Å². The fraction of sp³-hybridized carbons (Fsp3) is 0.625. The number of ether oxygens (including phenoxy) is 2. The first-order valence-electron chi connectivity index (χ1n) is 7.33. The molecule has 1 atom stereocenters. The number of benzene rings is 1. The molecular weight excluding hydrogens is 238 g/mol. The molecule has 1 heterocycles. The van der Waals surface area contributed by atoms with E-state index >= 15 is 0 Å². The summed E-state index contributed by atoms with van der Waals surface area (Å²) in [4.78, 5) is 0. The summed E-state index contributed by atoms with van der Waals surface area (Å²) in [6, 6.07) is 6.71. The van der Waals surface area contributed by atoms with Crippen molar-refractivity contribution in [3.05, 3.63) is 34.9 Å². The average molecular weight is 261 g/mol. The maximum Gasteiger partial charge on any atom is 0.0725 e. The molecule has 1 unspecified atom stereocenters. The van der Waals surface area contributed by atoms with Crippen molar-refractivity contribution < 1.29 is 9.47 Å². The van der Waals surface area contributed by atoms with Crippen LogP contribution in [0.3, 0.4) is 0 Å². The highest BCUT2D eigenvalue weighted by Gasteiger charge is 2.31. The summed E-state index contributed by atoms with van der Waals surface area (Å²) in [7, 11) is 0. The largest absolute Gasteiger partial charge is 0.378 e. The van der Waals surface area contributed by atoms with Crippen LogP contribution in [-0.2, 0) is 22.7 Å². The van der Waals surface area contributed by atoms with Crippen molar-refractivity contribution in [2.75, 3.05) is 6.61 Å². The van der Waals surface area contributed by atoms with Gasteiger partial charge >= 0.3 is 0 Å². The second-order valence-corrected chi connectivity index (χ2v) is 5.78. The highest BCUT2D eigenvalue weighted by molar-refractivity contribution is 5.34. The summed E-state index contributed by atoms with van der Waals surface area (Å²) >= 11 is 0. The zero-order valence-corrected chi connectivity index (χ0v) is 11.6. The van der Waals surface area contributed by atoms with E-state index in [1.54, 1.807) is 0 Å². The fourth-order valence-corrected chi connectivity index (χ4v) is 3.16. The van der Waals surface area contributed by atoms with Gasteiger partial charge in [-0.1, -0.05) is 18.2 Å². The molecule has 19 heavy (non-hydrogen) atoms. The fourth-order valence-electron chi connectivity index (χ4n) is 3.16. The molecule has 1 aromatic rings. The molecule has 1 saturated carbocycles. The topological polar surface area (TPSA) is 44.5 Å². The number of hydrogen-bond donors (Lipinski definition) is 1. The van der Waals surface area contributed by atoms with E-state index in [1.807, 2.05) is 0 Å². The third-order valence-corrected chi connectivity index (χ3v) is 4.36. The van der Waals surface area contributed by atoms with Gasteiger partial charge in [0.25, 0.3) is 0 Å². The van der Waals surface area contributed by atoms with Gasteiger partial charge in [-0.05, 0) is 48.8 Å². The van der Waals surface area contributed by atoms with Crippen LogP contribution in [0.4, 0.5) is 0 Å². The molecule has 3 rings (SSSR count). The number of nitrogens with two attached hydrogens (primary N) is 1. The summed E-state index contributed by atoms with van der Waals surface area (Å²) in [5.41, 5.74) is 10.2. The maximum absolute atomic E-state index is 6.34. The van der Waals surface area contributed by atoms with Crippen LogP contribution in [0.1, 0.15) is 48.9 Å². The summed E-state index contributed by atoms with van der Waals surface area (Å²) in [6.07, 6.45) is 3.91. The lowest BCUT2D eigenvalue weighted by Gasteiger charge is -2.36. The Balaban J connectivity index is 1.55. The highest BCUT2D eigenvalue weighted by atomic mass is 16.5. The Morgan fingerprint density at radius 1 is 1.32 bits per heavy atom. The predicted molar refractivity (Wildman–Crippen MR) is 74.6 cm³/mol. The van der Waals surface area contributed by atoms with Crippen LogP contribution in [0, 0.1) is 5.92 Å². The zero-order chi connectivity index (χ0) is 13.2. The Morgan fingerprint density at radius 2 is 2.11 bits per heavy atom. The van der Waals surface area contributed by atoms with Gasteiger partial charge in [-0.15, -0.1) is 0 Å². The molecule has 3 nitrogen and oxygen atoms in total. The lowest BCUT2D eigenvalue weighted by Crippen LogP contribution is -2.33. The Labute approximate surface area is 115 Å². The van der Waals surface area contributed by atoms with Crippen molar-refractivity contribution in [1.29, 1.82) is 0 Å². The number of fused-ring (bicyclic) bond motifs is 1. The van der Waals surface area contributed by atoms with Gasteiger partial charge in [0, 0.05) is 12.6 Å². The molecule has 104 valence electrons. The second-order valence-electron chi connectivity index (χ2n) is 5.78. The van der Waals surface area contributed by atoms with Gasteiger partial charge in [-0.25, -0.2) is 0 Å². The Morgan fingerprint density at radius 3 is 2.89 bits per heavy atom. The first kappa shape index (κ1) is 13.1. The number of hydrogen-bond acceptors (Lipinski definition) is 3. The summed E-state index contributed by atoms with van der Waals surface area (Å²) < 4.78 is 11.0. The minimum Gasteiger partial charge on any atom is -0.378 e. The minimum absolute atomic E-state index is 0.151. The molecule has 1 aliphatic carbocycles. The third kappa shape index (κ3) is 2.83. The van der Waals surface area contributed by atoms with Crippen molar-refractivity contribution in [2.45, 2.75) is 51.5 Å². The van der Waals surface area contributed by atoms with Crippen molar-refractivity contribution in [2.24, 2.45) is 11.7 Å². The molecular formula is C16H23NO2. The van der Waals surface area contributed by atoms with Crippen LogP contribution < -0.4 is 5.73 Å². The van der Waals surface area contributed by atoms with Crippen LogP contribution in [0.25, 0.3) is 0 Å². The molecule has 1 fully saturated rings. The molecule has 2 aliphatic rings. The maximum atomic E-state index is 6.34. The molecule has 0 amide bonds. The molecule has 3 heteroatoms. The van der Waals surface area contributed by atoms with Crippen molar-refractivity contribution >= 4 is 0 Å². The number of rotatable bonds is 5. The molecule has 0 bridgehead atoms. The summed E-state index contributed by atoms with van der Waals surface area (Å²) in [6.45, 7) is 4.38. The molecule has 1 aromatic carbocycles. The Bertz CT molecular complexity index is 440. The quantitative estimate of drug-likeness (QED) is 0.886. The lowest BCUT2D eigenvalue weighted by atomic mass is 9.77. The second kappa shape index (κ2) is 5.61. The lowest BCUT2D eigenvalue weighted by molar-refractivity contribution is -0.0282. The van der Waals surface area contributed by atoms with E-state index in [4.69, 9.17) is 15.2 Å². The van der Waals surface area contributed by atoms with E-state index in [1.165, 1.54) is 29.5 Å². The van der Waals surface area contributed by atoms with Gasteiger partial charge in [0.15, 0.2) is 0 Å². The molecule has 0 spiro atoms. The van der Waals surface area contributed by atoms with Crippen LogP contribution >= 0.6 is 0 Å². The third-order valence-electron chi connectivity index (χ3n) is 4.36. The molecule has 0 radical (unpaired) electrons. The SMILES string of the molecule is CCOC1CC(CC(N)c2ccc3c(c2)COC3)C1. The van der Waals surface area contributed by atoms with E-state index in [2.05, 4.69) is 25.1 Å². The van der Waals surface area contributed by atoms with Gasteiger partial charge < -0.3 is 15.2 Å². The predicted octanol–water partition coefficient (Wildman–Crippen LogP) is 2.92. The highest BCUT2D eigenvalue weighted by Crippen LogP contribution is 2.36. The molecule has 2 N–H and O–H groups in total. The van der Waals surface area contributed by atoms with Crippen LogP contribution in [0.5, 0.6) is 0 Å². The van der Waals surface area contributed by atoms with Gasteiger partial charge in [-0.3, -0.25) is 0 Å². The zero-order valence-electron chi connectivity index (χ0n) is 11.6. The molecule has 1 aliphatic heterocycles. The normalized spacial score (nSPS) is 26.8. The molecule has 0 saturated heterocycles. The van der Waals surface area contributed by atoms with Crippen molar-refractivity contribution in [3.8, 4) is 0 Å². The Kier molecular flexibility index (Phi) is 3.87. The van der Waals surface area contributed by atoms with Crippen LogP contribution in [0.15, 0.2) is 18.2 Å². The standard InChI is InChI=1S/C16H23NO2/c1-2-19-15-5-11(6-15)7-16(17)12-3-4-13-9-18-10-14(13)8-12/h3-4,8,11,15-16H,2,5-7,9-10,17H2,1H3. The van der Waals surface area contributed by atoms with Crippen LogP contribution in [-0.4, -0.2) is 12.7 Å². The van der Waals surface area contributed by atoms with Crippen LogP contribution in [0.2, 0.25) is 0 Å². The van der Waals surface area contributed by atoms with E-state index < -0.39 is 0 Å². The average Bonchev–Trinajstić information content (AvgIpc) is 2.83. The smallest absolute Gasteiger partial charge is 0.0725 e. The Hall–Kier alpha value is -0.900. The van der Waals surface area contributed by atoms with E-state index in [0.717, 1.165) is 32.2 Å². The first-order chi connectivity index (χ1) is 9.26. The van der Waals surface area contributed by atoms with Crippen molar-refractivity contribution in [3.63, 3.8) is 0 Å². The van der Waals surface area contributed by atoms with Gasteiger partial charge in [0.2, 0.25) is 0 Å². The van der Waals surface area contributed by atoms with Gasteiger partial charge in [0.1, 0.15) is 0 Å². The molecule has 0 aromatic heterocycles. The first-order valence-corrected chi connectivity index (χ1v) is 7.33. The minimum atomic E-state index is 0.151. The monoisotopic (exact) mass is 261 g/mol. The summed E-state index contributed by atoms with van der Waals surface area (Å²) in [5.74, 6) is 0.732. The van der Waals surface area contributed by atoms with Gasteiger partial charge in [-0.2, -0.15) is 0 Å².